The monoisotopic (exact) mass is 296 g/mol. The Labute approximate surface area is 125 Å². The van der Waals surface area contributed by atoms with Crippen LogP contribution < -0.4 is 0 Å². The third kappa shape index (κ3) is 3.48. The molecule has 0 bridgehead atoms. The van der Waals surface area contributed by atoms with Crippen LogP contribution >= 0.6 is 0 Å². The highest BCUT2D eigenvalue weighted by Gasteiger charge is 2.43. The lowest BCUT2D eigenvalue weighted by atomic mass is 10.2. The molecule has 0 aromatic rings. The number of ether oxygens (including phenoxy) is 1. The number of carbonyl (C=O) groups is 2. The van der Waals surface area contributed by atoms with Gasteiger partial charge in [0.2, 0.25) is 0 Å². The van der Waals surface area contributed by atoms with Crippen LogP contribution in [0.15, 0.2) is 0 Å². The van der Waals surface area contributed by atoms with Crippen molar-refractivity contribution in [3.8, 4) is 0 Å². The van der Waals surface area contributed by atoms with Gasteiger partial charge in [0, 0.05) is 33.2 Å². The molecule has 118 valence electrons. The number of methoxy groups -OCH3 is 1. The van der Waals surface area contributed by atoms with E-state index in [-0.39, 0.29) is 12.1 Å². The van der Waals surface area contributed by atoms with Crippen LogP contribution in [-0.2, 0) is 9.53 Å². The normalized spacial score (nSPS) is 28.7. The lowest BCUT2D eigenvalue weighted by Gasteiger charge is -2.30. The zero-order valence-corrected chi connectivity index (χ0v) is 12.5. The van der Waals surface area contributed by atoms with Crippen LogP contribution in [0.2, 0.25) is 0 Å². The molecule has 1 N–H and O–H groups in total. The number of amides is 2. The third-order valence-electron chi connectivity index (χ3n) is 4.75. The summed E-state index contributed by atoms with van der Waals surface area (Å²) < 4.78 is 5.26. The number of hydrogen-bond acceptors (Lipinski definition) is 3. The maximum absolute atomic E-state index is 12.8. The van der Waals surface area contributed by atoms with Gasteiger partial charge in [-0.25, -0.2) is 9.59 Å². The fourth-order valence-corrected chi connectivity index (χ4v) is 3.05. The van der Waals surface area contributed by atoms with Gasteiger partial charge in [0.05, 0.1) is 6.10 Å². The molecule has 3 rings (SSSR count). The highest BCUT2D eigenvalue weighted by atomic mass is 16.5. The Hall–Kier alpha value is -1.30. The van der Waals surface area contributed by atoms with E-state index >= 15 is 0 Å². The van der Waals surface area contributed by atoms with E-state index in [1.165, 1.54) is 30.6 Å². The number of carboxylic acid groups (broad SMARTS) is 1. The number of aliphatic carboxylic acids is 1. The molecule has 6 heteroatoms. The molecule has 0 radical (unpaired) electrons. The van der Waals surface area contributed by atoms with Crippen LogP contribution in [0.1, 0.15) is 32.1 Å². The van der Waals surface area contributed by atoms with Crippen molar-refractivity contribution in [1.29, 1.82) is 0 Å². The van der Waals surface area contributed by atoms with Crippen LogP contribution in [0.5, 0.6) is 0 Å². The smallest absolute Gasteiger partial charge is 0.326 e. The van der Waals surface area contributed by atoms with Gasteiger partial charge in [0.15, 0.2) is 0 Å². The number of carboxylic acids is 1. The molecule has 1 heterocycles. The summed E-state index contributed by atoms with van der Waals surface area (Å²) >= 11 is 0. The van der Waals surface area contributed by atoms with E-state index in [4.69, 9.17) is 4.74 Å². The molecule has 3 fully saturated rings. The van der Waals surface area contributed by atoms with Crippen molar-refractivity contribution in [3.63, 3.8) is 0 Å². The Morgan fingerprint density at radius 2 is 1.76 bits per heavy atom. The first kappa shape index (κ1) is 14.6. The maximum atomic E-state index is 12.8. The Kier molecular flexibility index (Phi) is 4.06. The second-order valence-electron chi connectivity index (χ2n) is 6.67. The standard InChI is InChI=1S/C15H24N2O4/c1-21-12-6-13(14(18)19)17(9-12)15(20)16(7-10-2-3-10)8-11-4-5-11/h10-13H,2-9H2,1H3,(H,18,19). The van der Waals surface area contributed by atoms with E-state index in [9.17, 15) is 14.7 Å². The molecule has 2 saturated carbocycles. The van der Waals surface area contributed by atoms with Crippen molar-refractivity contribution in [1.82, 2.24) is 9.80 Å². The Morgan fingerprint density at radius 1 is 1.19 bits per heavy atom. The summed E-state index contributed by atoms with van der Waals surface area (Å²) in [4.78, 5) is 27.6. The Bertz CT molecular complexity index is 406. The Balaban J connectivity index is 1.68. The van der Waals surface area contributed by atoms with Crippen LogP contribution in [-0.4, -0.2) is 65.8 Å². The summed E-state index contributed by atoms with van der Waals surface area (Å²) in [6.45, 7) is 1.96. The minimum atomic E-state index is -0.930. The van der Waals surface area contributed by atoms with Gasteiger partial charge >= 0.3 is 12.0 Å². The van der Waals surface area contributed by atoms with E-state index in [2.05, 4.69) is 0 Å². The van der Waals surface area contributed by atoms with E-state index < -0.39 is 12.0 Å². The summed E-state index contributed by atoms with van der Waals surface area (Å²) in [6.07, 6.45) is 4.99. The largest absolute Gasteiger partial charge is 0.480 e. The zero-order valence-electron chi connectivity index (χ0n) is 12.5. The van der Waals surface area contributed by atoms with Crippen molar-refractivity contribution in [2.24, 2.45) is 11.8 Å². The van der Waals surface area contributed by atoms with Gasteiger partial charge in [0.1, 0.15) is 6.04 Å². The number of urea groups is 1. The second-order valence-corrected chi connectivity index (χ2v) is 6.67. The van der Waals surface area contributed by atoms with Crippen LogP contribution in [0, 0.1) is 11.8 Å². The van der Waals surface area contributed by atoms with Gasteiger partial charge in [-0.05, 0) is 37.5 Å². The quantitative estimate of drug-likeness (QED) is 0.804. The van der Waals surface area contributed by atoms with Gasteiger partial charge < -0.3 is 19.6 Å². The summed E-state index contributed by atoms with van der Waals surface area (Å²) in [5, 5.41) is 9.35. The maximum Gasteiger partial charge on any atom is 0.326 e. The summed E-state index contributed by atoms with van der Waals surface area (Å²) in [5.74, 6) is 0.314. The van der Waals surface area contributed by atoms with Crippen LogP contribution in [0.3, 0.4) is 0 Å². The highest BCUT2D eigenvalue weighted by molar-refractivity contribution is 5.83. The number of carbonyl (C=O) groups excluding carboxylic acids is 1. The number of hydrogen-bond donors (Lipinski definition) is 1. The lowest BCUT2D eigenvalue weighted by molar-refractivity contribution is -0.141. The summed E-state index contributed by atoms with van der Waals surface area (Å²) in [7, 11) is 1.57. The molecule has 6 nitrogen and oxygen atoms in total. The molecular formula is C15H24N2O4. The van der Waals surface area contributed by atoms with Crippen LogP contribution in [0.25, 0.3) is 0 Å². The van der Waals surface area contributed by atoms with E-state index in [1.807, 2.05) is 4.90 Å². The van der Waals surface area contributed by atoms with Crippen molar-refractivity contribution in [2.45, 2.75) is 44.2 Å². The molecule has 0 aromatic heterocycles. The topological polar surface area (TPSA) is 70.1 Å². The predicted molar refractivity (Wildman–Crippen MR) is 76.0 cm³/mol. The molecule has 2 amide bonds. The highest BCUT2D eigenvalue weighted by Crippen LogP contribution is 2.34. The minimum absolute atomic E-state index is 0.110. The van der Waals surface area contributed by atoms with Gasteiger partial charge in [-0.3, -0.25) is 0 Å². The Morgan fingerprint density at radius 3 is 2.19 bits per heavy atom. The fourth-order valence-electron chi connectivity index (χ4n) is 3.05. The molecule has 2 aliphatic carbocycles. The number of likely N-dealkylation sites (tertiary alicyclic amines) is 1. The van der Waals surface area contributed by atoms with E-state index in [1.54, 1.807) is 7.11 Å². The molecule has 1 saturated heterocycles. The second kappa shape index (κ2) is 5.83. The third-order valence-corrected chi connectivity index (χ3v) is 4.75. The fraction of sp³-hybridized carbons (Fsp3) is 0.867. The van der Waals surface area contributed by atoms with E-state index in [0.717, 1.165) is 13.1 Å². The molecule has 2 unspecified atom stereocenters. The lowest BCUT2D eigenvalue weighted by Crippen LogP contribution is -2.49. The van der Waals surface area contributed by atoms with Crippen molar-refractivity contribution in [2.75, 3.05) is 26.7 Å². The van der Waals surface area contributed by atoms with E-state index in [0.29, 0.717) is 24.8 Å². The van der Waals surface area contributed by atoms with Crippen molar-refractivity contribution in [3.05, 3.63) is 0 Å². The van der Waals surface area contributed by atoms with Crippen molar-refractivity contribution >= 4 is 12.0 Å². The van der Waals surface area contributed by atoms with Gasteiger partial charge in [-0.1, -0.05) is 0 Å². The van der Waals surface area contributed by atoms with Crippen molar-refractivity contribution < 1.29 is 19.4 Å². The van der Waals surface area contributed by atoms with Gasteiger partial charge in [-0.15, -0.1) is 0 Å². The SMILES string of the molecule is COC1CC(C(=O)O)N(C(=O)N(CC2CC2)CC2CC2)C1. The minimum Gasteiger partial charge on any atom is -0.480 e. The number of rotatable bonds is 6. The summed E-state index contributed by atoms with van der Waals surface area (Å²) in [5.41, 5.74) is 0. The molecule has 2 atom stereocenters. The predicted octanol–water partition coefficient (Wildman–Crippen LogP) is 1.40. The molecular weight excluding hydrogens is 272 g/mol. The molecule has 0 aromatic carbocycles. The average Bonchev–Trinajstić information content (AvgIpc) is 3.37. The summed E-state index contributed by atoms with van der Waals surface area (Å²) in [6, 6.07) is -0.857. The first-order valence-electron chi connectivity index (χ1n) is 7.89. The molecule has 21 heavy (non-hydrogen) atoms. The van der Waals surface area contributed by atoms with Gasteiger partial charge in [-0.2, -0.15) is 0 Å². The van der Waals surface area contributed by atoms with Crippen LogP contribution in [0.4, 0.5) is 4.79 Å². The first-order chi connectivity index (χ1) is 10.1. The average molecular weight is 296 g/mol. The molecule has 0 spiro atoms. The first-order valence-corrected chi connectivity index (χ1v) is 7.89. The zero-order chi connectivity index (χ0) is 15.0. The van der Waals surface area contributed by atoms with Gasteiger partial charge in [0.25, 0.3) is 0 Å². The number of nitrogens with zero attached hydrogens (tertiary/aromatic N) is 2. The molecule has 1 aliphatic heterocycles. The molecule has 3 aliphatic rings.